The lowest BCUT2D eigenvalue weighted by atomic mass is 10.2. The van der Waals surface area contributed by atoms with Crippen molar-refractivity contribution in [3.63, 3.8) is 0 Å². The number of nitrogens with one attached hydrogen (secondary N) is 1. The topological polar surface area (TPSA) is 94.2 Å². The van der Waals surface area contributed by atoms with Crippen LogP contribution in [-0.2, 0) is 19.5 Å². The highest BCUT2D eigenvalue weighted by atomic mass is 32.2. The molecule has 8 nitrogen and oxygen atoms in total. The standard InChI is InChI=1S/C18H28N2O6S/c1-5-24-14-6-8-16(9-7-14)27(22,23)20-10-11-25-15(13-20)12-19-17(21)26-18(2,3)4/h6-9,15H,5,10-13H2,1-4H3,(H,19,21). The molecule has 0 aliphatic carbocycles. The van der Waals surface area contributed by atoms with Gasteiger partial charge in [0, 0.05) is 19.6 Å². The number of hydrogen-bond donors (Lipinski definition) is 1. The Hall–Kier alpha value is -1.84. The third-order valence-electron chi connectivity index (χ3n) is 3.75. The van der Waals surface area contributed by atoms with E-state index in [1.165, 1.54) is 16.4 Å². The third-order valence-corrected chi connectivity index (χ3v) is 5.63. The van der Waals surface area contributed by atoms with Crippen LogP contribution in [0, 0.1) is 0 Å². The van der Waals surface area contributed by atoms with Crippen LogP contribution in [0.2, 0.25) is 0 Å². The van der Waals surface area contributed by atoms with Crippen LogP contribution in [0.25, 0.3) is 0 Å². The summed E-state index contributed by atoms with van der Waals surface area (Å²) < 4.78 is 43.2. The molecule has 0 spiro atoms. The van der Waals surface area contributed by atoms with Crippen LogP contribution in [0.15, 0.2) is 29.2 Å². The number of carbonyl (C=O) groups excluding carboxylic acids is 1. The molecule has 0 saturated carbocycles. The highest BCUT2D eigenvalue weighted by Crippen LogP contribution is 2.21. The molecule has 1 aliphatic heterocycles. The lowest BCUT2D eigenvalue weighted by molar-refractivity contribution is -0.00357. The summed E-state index contributed by atoms with van der Waals surface area (Å²) in [5.74, 6) is 0.623. The monoisotopic (exact) mass is 400 g/mol. The van der Waals surface area contributed by atoms with E-state index in [1.54, 1.807) is 32.9 Å². The van der Waals surface area contributed by atoms with E-state index in [9.17, 15) is 13.2 Å². The van der Waals surface area contributed by atoms with E-state index < -0.39 is 27.8 Å². The summed E-state index contributed by atoms with van der Waals surface area (Å²) in [5, 5.41) is 2.62. The molecule has 1 saturated heterocycles. The minimum absolute atomic E-state index is 0.158. The Bertz CT molecular complexity index is 727. The van der Waals surface area contributed by atoms with Crippen molar-refractivity contribution < 1.29 is 27.4 Å². The molecule has 1 aromatic rings. The van der Waals surface area contributed by atoms with Crippen molar-refractivity contribution in [1.82, 2.24) is 9.62 Å². The minimum atomic E-state index is -3.64. The molecule has 1 amide bonds. The van der Waals surface area contributed by atoms with Gasteiger partial charge < -0.3 is 19.5 Å². The van der Waals surface area contributed by atoms with Crippen LogP contribution in [0.1, 0.15) is 27.7 Å². The molecule has 9 heteroatoms. The zero-order valence-electron chi connectivity index (χ0n) is 16.2. The molecular formula is C18H28N2O6S. The van der Waals surface area contributed by atoms with E-state index in [0.717, 1.165) is 0 Å². The number of carbonyl (C=O) groups is 1. The highest BCUT2D eigenvalue weighted by Gasteiger charge is 2.31. The van der Waals surface area contributed by atoms with Gasteiger partial charge in [0.1, 0.15) is 11.4 Å². The normalized spacial score (nSPS) is 18.7. The second kappa shape index (κ2) is 8.90. The van der Waals surface area contributed by atoms with Crippen molar-refractivity contribution in [2.24, 2.45) is 0 Å². The van der Waals surface area contributed by atoms with Crippen LogP contribution < -0.4 is 10.1 Å². The number of sulfonamides is 1. The lowest BCUT2D eigenvalue weighted by Gasteiger charge is -2.32. The summed E-state index contributed by atoms with van der Waals surface area (Å²) in [7, 11) is -3.64. The molecule has 1 aliphatic rings. The average molecular weight is 400 g/mol. The smallest absolute Gasteiger partial charge is 0.407 e. The quantitative estimate of drug-likeness (QED) is 0.785. The maximum absolute atomic E-state index is 12.8. The molecule has 27 heavy (non-hydrogen) atoms. The summed E-state index contributed by atoms with van der Waals surface area (Å²) in [6.45, 7) is 8.55. The van der Waals surface area contributed by atoms with Gasteiger partial charge in [0.15, 0.2) is 0 Å². The number of nitrogens with zero attached hydrogens (tertiary/aromatic N) is 1. The zero-order valence-corrected chi connectivity index (χ0v) is 17.0. The number of rotatable bonds is 6. The molecule has 152 valence electrons. The van der Waals surface area contributed by atoms with Crippen molar-refractivity contribution in [2.45, 2.75) is 44.3 Å². The Labute approximate surface area is 160 Å². The maximum atomic E-state index is 12.8. The van der Waals surface area contributed by atoms with Crippen molar-refractivity contribution in [3.05, 3.63) is 24.3 Å². The fraction of sp³-hybridized carbons (Fsp3) is 0.611. The first-order valence-corrected chi connectivity index (χ1v) is 10.4. The molecule has 1 N–H and O–H groups in total. The predicted octanol–water partition coefficient (Wildman–Crippen LogP) is 2.00. The lowest BCUT2D eigenvalue weighted by Crippen LogP contribution is -2.49. The molecule has 1 unspecified atom stereocenters. The first-order valence-electron chi connectivity index (χ1n) is 8.93. The van der Waals surface area contributed by atoms with E-state index >= 15 is 0 Å². The Morgan fingerprint density at radius 2 is 1.96 bits per heavy atom. The largest absolute Gasteiger partial charge is 0.494 e. The average Bonchev–Trinajstić information content (AvgIpc) is 2.59. The van der Waals surface area contributed by atoms with Gasteiger partial charge in [-0.2, -0.15) is 4.31 Å². The summed E-state index contributed by atoms with van der Waals surface area (Å²) in [6, 6.07) is 6.34. The molecule has 0 bridgehead atoms. The van der Waals surface area contributed by atoms with E-state index in [0.29, 0.717) is 12.4 Å². The molecular weight excluding hydrogens is 372 g/mol. The van der Waals surface area contributed by atoms with Crippen LogP contribution in [0.5, 0.6) is 5.75 Å². The van der Waals surface area contributed by atoms with Gasteiger partial charge in [0.2, 0.25) is 10.0 Å². The van der Waals surface area contributed by atoms with E-state index in [4.69, 9.17) is 14.2 Å². The van der Waals surface area contributed by atoms with Crippen LogP contribution in [0.3, 0.4) is 0 Å². The van der Waals surface area contributed by atoms with Gasteiger partial charge in [-0.25, -0.2) is 13.2 Å². The van der Waals surface area contributed by atoms with E-state index in [-0.39, 0.29) is 31.1 Å². The minimum Gasteiger partial charge on any atom is -0.494 e. The molecule has 0 aromatic heterocycles. The van der Waals surface area contributed by atoms with Gasteiger partial charge >= 0.3 is 6.09 Å². The number of ether oxygens (including phenoxy) is 3. The fourth-order valence-corrected chi connectivity index (χ4v) is 4.02. The highest BCUT2D eigenvalue weighted by molar-refractivity contribution is 7.89. The summed E-state index contributed by atoms with van der Waals surface area (Å²) in [6.07, 6.45) is -0.999. The van der Waals surface area contributed by atoms with Crippen molar-refractivity contribution in [3.8, 4) is 5.75 Å². The van der Waals surface area contributed by atoms with Gasteiger partial charge in [-0.05, 0) is 52.0 Å². The number of alkyl carbamates (subject to hydrolysis) is 1. The van der Waals surface area contributed by atoms with E-state index in [1.807, 2.05) is 6.92 Å². The van der Waals surface area contributed by atoms with Gasteiger partial charge in [-0.3, -0.25) is 0 Å². The third kappa shape index (κ3) is 6.37. The molecule has 2 rings (SSSR count). The Kier molecular flexibility index (Phi) is 7.07. The number of benzene rings is 1. The first kappa shape index (κ1) is 21.5. The second-order valence-corrected chi connectivity index (χ2v) is 9.08. The van der Waals surface area contributed by atoms with Crippen molar-refractivity contribution in [1.29, 1.82) is 0 Å². The summed E-state index contributed by atoms with van der Waals surface area (Å²) in [4.78, 5) is 12.0. The number of morpholine rings is 1. The predicted molar refractivity (Wildman–Crippen MR) is 100 cm³/mol. The van der Waals surface area contributed by atoms with Crippen LogP contribution in [-0.4, -0.2) is 63.4 Å². The summed E-state index contributed by atoms with van der Waals surface area (Å²) in [5.41, 5.74) is -0.597. The van der Waals surface area contributed by atoms with E-state index in [2.05, 4.69) is 5.32 Å². The number of amides is 1. The van der Waals surface area contributed by atoms with Crippen molar-refractivity contribution >= 4 is 16.1 Å². The second-order valence-electron chi connectivity index (χ2n) is 7.14. The molecule has 1 atom stereocenters. The SMILES string of the molecule is CCOc1ccc(S(=O)(=O)N2CCOC(CNC(=O)OC(C)(C)C)C2)cc1. The summed E-state index contributed by atoms with van der Waals surface area (Å²) >= 11 is 0. The molecule has 0 radical (unpaired) electrons. The van der Waals surface area contributed by atoms with Crippen LogP contribution in [0.4, 0.5) is 4.79 Å². The first-order chi connectivity index (χ1) is 12.6. The Morgan fingerprint density at radius 3 is 2.56 bits per heavy atom. The van der Waals surface area contributed by atoms with Gasteiger partial charge in [-0.15, -0.1) is 0 Å². The number of hydrogen-bond acceptors (Lipinski definition) is 6. The molecule has 1 aromatic carbocycles. The Morgan fingerprint density at radius 1 is 1.30 bits per heavy atom. The molecule has 1 fully saturated rings. The van der Waals surface area contributed by atoms with Gasteiger partial charge in [0.05, 0.1) is 24.2 Å². The van der Waals surface area contributed by atoms with Gasteiger partial charge in [0.25, 0.3) is 0 Å². The zero-order chi connectivity index (χ0) is 20.1. The van der Waals surface area contributed by atoms with Crippen molar-refractivity contribution in [2.75, 3.05) is 32.8 Å². The van der Waals surface area contributed by atoms with Crippen LogP contribution >= 0.6 is 0 Å². The maximum Gasteiger partial charge on any atom is 0.407 e. The Balaban J connectivity index is 1.96. The fourth-order valence-electron chi connectivity index (χ4n) is 2.57. The van der Waals surface area contributed by atoms with Gasteiger partial charge in [-0.1, -0.05) is 0 Å². The molecule has 1 heterocycles.